The largest absolute Gasteiger partial charge is 0.478 e. The van der Waals surface area contributed by atoms with E-state index in [0.29, 0.717) is 25.0 Å². The van der Waals surface area contributed by atoms with E-state index in [0.717, 1.165) is 32.1 Å². The summed E-state index contributed by atoms with van der Waals surface area (Å²) in [7, 11) is 0. The second-order valence-corrected chi connectivity index (χ2v) is 5.46. The summed E-state index contributed by atoms with van der Waals surface area (Å²) in [6.07, 6.45) is 5.97. The van der Waals surface area contributed by atoms with Crippen LogP contribution in [0.1, 0.15) is 40.0 Å². The van der Waals surface area contributed by atoms with Crippen molar-refractivity contribution in [3.63, 3.8) is 0 Å². The molecule has 0 aromatic heterocycles. The molecule has 0 rings (SSSR count). The summed E-state index contributed by atoms with van der Waals surface area (Å²) < 4.78 is 0. The number of carboxylic acid groups (broad SMARTS) is 2. The minimum Gasteiger partial charge on any atom is -0.478 e. The van der Waals surface area contributed by atoms with E-state index in [-0.39, 0.29) is 5.91 Å². The van der Waals surface area contributed by atoms with Gasteiger partial charge in [0.2, 0.25) is 5.91 Å². The highest BCUT2D eigenvalue weighted by Gasteiger charge is 2.04. The third-order valence-electron chi connectivity index (χ3n) is 3.57. The van der Waals surface area contributed by atoms with Crippen LogP contribution in [0.25, 0.3) is 0 Å². The molecule has 0 aliphatic rings. The van der Waals surface area contributed by atoms with E-state index in [1.807, 2.05) is 0 Å². The van der Waals surface area contributed by atoms with Gasteiger partial charge in [0.05, 0.1) is 0 Å². The molecule has 0 heterocycles. The molecule has 26 heavy (non-hydrogen) atoms. The van der Waals surface area contributed by atoms with Gasteiger partial charge in [0.15, 0.2) is 0 Å². The smallest absolute Gasteiger partial charge is 0.330 e. The normalized spacial score (nSPS) is 10.2. The van der Waals surface area contributed by atoms with Crippen LogP contribution in [0.4, 0.5) is 0 Å². The van der Waals surface area contributed by atoms with E-state index in [4.69, 9.17) is 10.2 Å². The van der Waals surface area contributed by atoms with Gasteiger partial charge >= 0.3 is 11.9 Å². The van der Waals surface area contributed by atoms with E-state index in [9.17, 15) is 14.4 Å². The molecule has 7 nitrogen and oxygen atoms in total. The highest BCUT2D eigenvalue weighted by atomic mass is 16.4. The highest BCUT2D eigenvalue weighted by Crippen LogP contribution is 2.03. The van der Waals surface area contributed by atoms with Gasteiger partial charge in [-0.2, -0.15) is 0 Å². The average Bonchev–Trinajstić information content (AvgIpc) is 2.58. The van der Waals surface area contributed by atoms with E-state index >= 15 is 0 Å². The standard InChI is InChI=1S/C10H19NO2.C9H13NO3/c1-4-11(5-2)8-6-7-9(3)10(12)13;1-3-10(8(2)11)7-5-4-6-9(12)13/h3-8H2,1-2H3,(H,12,13);3-4,6H,1,5,7H2,2H3,(H,12,13). The average molecular weight is 368 g/mol. The van der Waals surface area contributed by atoms with Gasteiger partial charge in [0.1, 0.15) is 0 Å². The predicted octanol–water partition coefficient (Wildman–Crippen LogP) is 2.76. The van der Waals surface area contributed by atoms with E-state index in [1.54, 1.807) is 0 Å². The molecular weight excluding hydrogens is 336 g/mol. The van der Waals surface area contributed by atoms with Crippen molar-refractivity contribution in [1.82, 2.24) is 9.80 Å². The molecule has 1 amide bonds. The van der Waals surface area contributed by atoms with Gasteiger partial charge in [-0.25, -0.2) is 9.59 Å². The number of nitrogens with zero attached hydrogens (tertiary/aromatic N) is 2. The van der Waals surface area contributed by atoms with Crippen molar-refractivity contribution in [1.29, 1.82) is 0 Å². The molecule has 0 spiro atoms. The van der Waals surface area contributed by atoms with Crippen LogP contribution in [0.2, 0.25) is 0 Å². The number of carboxylic acids is 2. The lowest BCUT2D eigenvalue weighted by Gasteiger charge is -2.17. The lowest BCUT2D eigenvalue weighted by Crippen LogP contribution is -2.24. The molecule has 0 fully saturated rings. The zero-order chi connectivity index (χ0) is 20.5. The Morgan fingerprint density at radius 3 is 2.04 bits per heavy atom. The Morgan fingerprint density at radius 2 is 1.65 bits per heavy atom. The summed E-state index contributed by atoms with van der Waals surface area (Å²) in [5.41, 5.74) is 0.312. The number of amides is 1. The van der Waals surface area contributed by atoms with Gasteiger partial charge in [-0.1, -0.05) is 33.1 Å². The minimum absolute atomic E-state index is 0.0984. The van der Waals surface area contributed by atoms with Crippen LogP contribution in [0.15, 0.2) is 37.1 Å². The van der Waals surface area contributed by atoms with E-state index in [2.05, 4.69) is 31.9 Å². The Kier molecular flexibility index (Phi) is 16.0. The van der Waals surface area contributed by atoms with Gasteiger partial charge in [0, 0.05) is 25.1 Å². The maximum absolute atomic E-state index is 10.8. The van der Waals surface area contributed by atoms with Crippen LogP contribution in [0.5, 0.6) is 0 Å². The van der Waals surface area contributed by atoms with Crippen molar-refractivity contribution in [2.24, 2.45) is 0 Å². The molecule has 0 aliphatic carbocycles. The Balaban J connectivity index is 0. The molecule has 0 atom stereocenters. The van der Waals surface area contributed by atoms with Crippen LogP contribution in [-0.4, -0.2) is 64.0 Å². The Labute approximate surface area is 156 Å². The molecule has 0 aromatic carbocycles. The first kappa shape index (κ1) is 25.8. The number of hydrogen-bond acceptors (Lipinski definition) is 4. The summed E-state index contributed by atoms with van der Waals surface area (Å²) in [4.78, 5) is 35.0. The van der Waals surface area contributed by atoms with E-state index in [1.165, 1.54) is 24.1 Å². The SMILES string of the molecule is C=C(CCCN(CC)CC)C(=O)O.C=CN(CCC=CC(=O)O)C(C)=O. The van der Waals surface area contributed by atoms with Crippen LogP contribution in [0, 0.1) is 0 Å². The number of carbonyl (C=O) groups excluding carboxylic acids is 1. The maximum atomic E-state index is 10.8. The molecule has 0 unspecified atom stereocenters. The summed E-state index contributed by atoms with van der Waals surface area (Å²) in [6, 6.07) is 0. The topological polar surface area (TPSA) is 98.2 Å². The van der Waals surface area contributed by atoms with Crippen molar-refractivity contribution < 1.29 is 24.6 Å². The lowest BCUT2D eigenvalue weighted by atomic mass is 10.1. The predicted molar refractivity (Wildman–Crippen MR) is 103 cm³/mol. The Bertz CT molecular complexity index is 496. The maximum Gasteiger partial charge on any atom is 0.330 e. The van der Waals surface area contributed by atoms with Gasteiger partial charge in [-0.3, -0.25) is 4.79 Å². The molecule has 0 radical (unpaired) electrons. The third kappa shape index (κ3) is 15.1. The molecule has 0 bridgehead atoms. The van der Waals surface area contributed by atoms with Crippen LogP contribution < -0.4 is 0 Å². The monoisotopic (exact) mass is 368 g/mol. The second kappa shape index (κ2) is 16.1. The van der Waals surface area contributed by atoms with Gasteiger partial charge in [0.25, 0.3) is 0 Å². The number of rotatable bonds is 12. The van der Waals surface area contributed by atoms with Crippen molar-refractivity contribution >= 4 is 17.8 Å². The third-order valence-corrected chi connectivity index (χ3v) is 3.57. The first-order valence-corrected chi connectivity index (χ1v) is 8.62. The number of hydrogen-bond donors (Lipinski definition) is 2. The zero-order valence-corrected chi connectivity index (χ0v) is 16.1. The van der Waals surface area contributed by atoms with Crippen molar-refractivity contribution in [2.45, 2.75) is 40.0 Å². The van der Waals surface area contributed by atoms with Crippen LogP contribution >= 0.6 is 0 Å². The second-order valence-electron chi connectivity index (χ2n) is 5.46. The fraction of sp³-hybridized carbons (Fsp3) is 0.526. The Morgan fingerprint density at radius 1 is 1.08 bits per heavy atom. The van der Waals surface area contributed by atoms with Crippen LogP contribution in [0.3, 0.4) is 0 Å². The van der Waals surface area contributed by atoms with Crippen molar-refractivity contribution in [2.75, 3.05) is 26.2 Å². The van der Waals surface area contributed by atoms with Crippen molar-refractivity contribution in [3.05, 3.63) is 37.1 Å². The fourth-order valence-electron chi connectivity index (χ4n) is 1.94. The van der Waals surface area contributed by atoms with Crippen molar-refractivity contribution in [3.8, 4) is 0 Å². The van der Waals surface area contributed by atoms with Gasteiger partial charge in [-0.15, -0.1) is 0 Å². The Hall–Kier alpha value is -2.41. The molecule has 0 aromatic rings. The summed E-state index contributed by atoms with van der Waals surface area (Å²) in [5.74, 6) is -1.95. The van der Waals surface area contributed by atoms with Gasteiger partial charge in [-0.05, 0) is 45.1 Å². The number of aliphatic carboxylic acids is 2. The molecule has 0 aliphatic heterocycles. The van der Waals surface area contributed by atoms with Crippen LogP contribution in [-0.2, 0) is 14.4 Å². The molecular formula is C19H32N2O5. The summed E-state index contributed by atoms with van der Waals surface area (Å²) in [5, 5.41) is 16.8. The van der Waals surface area contributed by atoms with Gasteiger partial charge < -0.3 is 20.0 Å². The first-order valence-electron chi connectivity index (χ1n) is 8.62. The lowest BCUT2D eigenvalue weighted by molar-refractivity contribution is -0.133. The molecule has 2 N–H and O–H groups in total. The summed E-state index contributed by atoms with van der Waals surface area (Å²) in [6.45, 7) is 16.1. The highest BCUT2D eigenvalue weighted by molar-refractivity contribution is 5.85. The number of carbonyl (C=O) groups is 3. The summed E-state index contributed by atoms with van der Waals surface area (Å²) >= 11 is 0. The molecule has 7 heteroatoms. The zero-order valence-electron chi connectivity index (χ0n) is 16.1. The molecule has 0 saturated carbocycles. The fourth-order valence-corrected chi connectivity index (χ4v) is 1.94. The first-order chi connectivity index (χ1) is 12.2. The molecule has 0 saturated heterocycles. The molecule has 148 valence electrons. The van der Waals surface area contributed by atoms with E-state index < -0.39 is 11.9 Å². The quantitative estimate of drug-likeness (QED) is 0.514. The minimum atomic E-state index is -0.979.